The molecule has 3 aromatic rings. The van der Waals surface area contributed by atoms with Crippen molar-refractivity contribution in [2.75, 3.05) is 0 Å². The summed E-state index contributed by atoms with van der Waals surface area (Å²) in [5.41, 5.74) is 3.85. The van der Waals surface area contributed by atoms with Crippen molar-refractivity contribution in [2.45, 2.75) is 45.2 Å². The third kappa shape index (κ3) is 3.50. The number of allylic oxidation sites excluding steroid dienone is 2. The first-order chi connectivity index (χ1) is 13.3. The molecule has 0 saturated heterocycles. The van der Waals surface area contributed by atoms with Gasteiger partial charge in [-0.05, 0) is 43.2 Å². The van der Waals surface area contributed by atoms with Crippen molar-refractivity contribution < 1.29 is 10.2 Å². The molecular formula is C22H25N3O2. The Labute approximate surface area is 159 Å². The van der Waals surface area contributed by atoms with E-state index in [1.54, 1.807) is 12.5 Å². The predicted octanol–water partition coefficient (Wildman–Crippen LogP) is 4.81. The highest BCUT2D eigenvalue weighted by Gasteiger charge is 2.26. The van der Waals surface area contributed by atoms with Gasteiger partial charge in [-0.15, -0.1) is 0 Å². The van der Waals surface area contributed by atoms with E-state index in [9.17, 15) is 10.2 Å². The summed E-state index contributed by atoms with van der Waals surface area (Å²) in [5, 5.41) is 21.5. The monoisotopic (exact) mass is 363 g/mol. The number of rotatable bonds is 6. The molecule has 4 rings (SSSR count). The fourth-order valence-electron chi connectivity index (χ4n) is 3.91. The Kier molecular flexibility index (Phi) is 5.01. The average Bonchev–Trinajstić information content (AvgIpc) is 3.31. The van der Waals surface area contributed by atoms with Gasteiger partial charge in [-0.2, -0.15) is 0 Å². The van der Waals surface area contributed by atoms with Crippen LogP contribution in [0.1, 0.15) is 37.8 Å². The molecule has 1 aliphatic rings. The zero-order chi connectivity index (χ0) is 18.6. The molecule has 2 heterocycles. The number of benzene rings is 1. The van der Waals surface area contributed by atoms with E-state index in [4.69, 9.17) is 0 Å². The van der Waals surface area contributed by atoms with Crippen LogP contribution in [0.2, 0.25) is 0 Å². The molecule has 5 nitrogen and oxygen atoms in total. The molecule has 0 fully saturated rings. The van der Waals surface area contributed by atoms with Crippen LogP contribution in [0.15, 0.2) is 55.1 Å². The number of hydrogen-bond donors (Lipinski definition) is 2. The van der Waals surface area contributed by atoms with E-state index < -0.39 is 0 Å². The van der Waals surface area contributed by atoms with Crippen molar-refractivity contribution in [2.24, 2.45) is 0 Å². The summed E-state index contributed by atoms with van der Waals surface area (Å²) in [6.07, 6.45) is 13.0. The van der Waals surface area contributed by atoms with E-state index in [0.717, 1.165) is 49.0 Å². The number of nitrogens with zero attached hydrogens (tertiary/aromatic N) is 3. The van der Waals surface area contributed by atoms with Gasteiger partial charge in [0.2, 0.25) is 5.88 Å². The quantitative estimate of drug-likeness (QED) is 0.660. The van der Waals surface area contributed by atoms with Gasteiger partial charge < -0.3 is 19.3 Å². The second-order valence-electron chi connectivity index (χ2n) is 7.04. The molecule has 0 saturated carbocycles. The van der Waals surface area contributed by atoms with Crippen LogP contribution in [0.5, 0.6) is 11.6 Å². The molecule has 2 aromatic heterocycles. The predicted molar refractivity (Wildman–Crippen MR) is 106 cm³/mol. The second-order valence-corrected chi connectivity index (χ2v) is 7.04. The molecule has 0 radical (unpaired) electrons. The number of aromatic hydroxyl groups is 2. The normalized spacial score (nSPS) is 14.3. The Morgan fingerprint density at radius 3 is 2.59 bits per heavy atom. The van der Waals surface area contributed by atoms with Crippen molar-refractivity contribution in [1.29, 1.82) is 0 Å². The summed E-state index contributed by atoms with van der Waals surface area (Å²) >= 11 is 0. The lowest BCUT2D eigenvalue weighted by Crippen LogP contribution is -2.07. The van der Waals surface area contributed by atoms with Gasteiger partial charge in [-0.25, -0.2) is 4.98 Å². The molecule has 0 bridgehead atoms. The molecule has 0 atom stereocenters. The van der Waals surface area contributed by atoms with Crippen molar-refractivity contribution in [1.82, 2.24) is 14.1 Å². The molecule has 0 spiro atoms. The topological polar surface area (TPSA) is 63.2 Å². The van der Waals surface area contributed by atoms with Crippen LogP contribution in [-0.2, 0) is 13.1 Å². The van der Waals surface area contributed by atoms with Gasteiger partial charge >= 0.3 is 0 Å². The Hall–Kier alpha value is -2.95. The standard InChI is InChI=1S/C22H25N3O2/c26-21-19(17-8-3-1-4-9-17)20(18-10-5-2-6-11-18)25(22(21)27)14-7-13-24-15-12-23-16-24/h1,3-4,8-10,12,15-16,26-27H,2,5-7,11,13-14H2. The third-order valence-corrected chi connectivity index (χ3v) is 5.23. The average molecular weight is 363 g/mol. The van der Waals surface area contributed by atoms with Gasteiger partial charge in [0, 0.05) is 25.5 Å². The van der Waals surface area contributed by atoms with E-state index in [2.05, 4.69) is 11.1 Å². The fraction of sp³-hybridized carbons (Fsp3) is 0.318. The van der Waals surface area contributed by atoms with Gasteiger partial charge in [0.25, 0.3) is 0 Å². The lowest BCUT2D eigenvalue weighted by molar-refractivity contribution is 0.367. The Morgan fingerprint density at radius 1 is 1.04 bits per heavy atom. The minimum absolute atomic E-state index is 0.0229. The summed E-state index contributed by atoms with van der Waals surface area (Å²) in [4.78, 5) is 4.07. The van der Waals surface area contributed by atoms with Gasteiger partial charge in [0.15, 0.2) is 5.75 Å². The molecular weight excluding hydrogens is 338 g/mol. The summed E-state index contributed by atoms with van der Waals surface area (Å²) in [6, 6.07) is 9.85. The second kappa shape index (κ2) is 7.74. The Morgan fingerprint density at radius 2 is 1.89 bits per heavy atom. The van der Waals surface area contributed by atoms with Gasteiger partial charge in [-0.1, -0.05) is 36.4 Å². The van der Waals surface area contributed by atoms with Gasteiger partial charge in [0.05, 0.1) is 17.6 Å². The number of aromatic nitrogens is 3. The molecule has 0 aliphatic heterocycles. The zero-order valence-corrected chi connectivity index (χ0v) is 15.4. The maximum atomic E-state index is 10.8. The first-order valence-electron chi connectivity index (χ1n) is 9.60. The molecule has 2 N–H and O–H groups in total. The molecule has 27 heavy (non-hydrogen) atoms. The maximum absolute atomic E-state index is 10.8. The van der Waals surface area contributed by atoms with Crippen LogP contribution in [0.3, 0.4) is 0 Å². The number of imidazole rings is 1. The minimum Gasteiger partial charge on any atom is -0.503 e. The first-order valence-corrected chi connectivity index (χ1v) is 9.60. The van der Waals surface area contributed by atoms with Crippen molar-refractivity contribution in [3.8, 4) is 22.8 Å². The third-order valence-electron chi connectivity index (χ3n) is 5.23. The van der Waals surface area contributed by atoms with E-state index >= 15 is 0 Å². The van der Waals surface area contributed by atoms with Crippen molar-refractivity contribution >= 4 is 5.57 Å². The van der Waals surface area contributed by atoms with Crippen LogP contribution < -0.4 is 0 Å². The molecule has 1 aromatic carbocycles. The number of aryl methyl sites for hydroxylation is 1. The van der Waals surface area contributed by atoms with Crippen LogP contribution in [0.25, 0.3) is 16.7 Å². The van der Waals surface area contributed by atoms with Gasteiger partial charge in [-0.3, -0.25) is 0 Å². The summed E-state index contributed by atoms with van der Waals surface area (Å²) in [7, 11) is 0. The highest BCUT2D eigenvalue weighted by atomic mass is 16.3. The van der Waals surface area contributed by atoms with Gasteiger partial charge in [0.1, 0.15) is 0 Å². The molecule has 5 heteroatoms. The van der Waals surface area contributed by atoms with Crippen LogP contribution in [-0.4, -0.2) is 24.3 Å². The Bertz CT molecular complexity index is 924. The van der Waals surface area contributed by atoms with E-state index in [1.165, 1.54) is 12.0 Å². The van der Waals surface area contributed by atoms with E-state index in [0.29, 0.717) is 6.54 Å². The molecule has 0 amide bonds. The zero-order valence-electron chi connectivity index (χ0n) is 15.4. The minimum atomic E-state index is -0.0408. The summed E-state index contributed by atoms with van der Waals surface area (Å²) < 4.78 is 3.91. The van der Waals surface area contributed by atoms with E-state index in [-0.39, 0.29) is 11.6 Å². The molecule has 1 aliphatic carbocycles. The van der Waals surface area contributed by atoms with E-state index in [1.807, 2.05) is 45.7 Å². The van der Waals surface area contributed by atoms with Crippen LogP contribution >= 0.6 is 0 Å². The lowest BCUT2D eigenvalue weighted by Gasteiger charge is -2.18. The summed E-state index contributed by atoms with van der Waals surface area (Å²) in [6.45, 7) is 1.45. The Balaban J connectivity index is 1.73. The first kappa shape index (κ1) is 17.5. The number of hydrogen-bond acceptors (Lipinski definition) is 3. The van der Waals surface area contributed by atoms with Crippen LogP contribution in [0.4, 0.5) is 0 Å². The van der Waals surface area contributed by atoms with Crippen molar-refractivity contribution in [3.05, 3.63) is 60.8 Å². The smallest absolute Gasteiger partial charge is 0.235 e. The SMILES string of the molecule is Oc1c(-c2ccccc2)c(C2=CCCCC2)n(CCCn2ccnc2)c1O. The summed E-state index contributed by atoms with van der Waals surface area (Å²) in [5.74, 6) is -0.0636. The van der Waals surface area contributed by atoms with Crippen LogP contribution in [0, 0.1) is 0 Å². The molecule has 0 unspecified atom stereocenters. The maximum Gasteiger partial charge on any atom is 0.235 e. The molecule has 140 valence electrons. The highest BCUT2D eigenvalue weighted by Crippen LogP contribution is 2.46. The van der Waals surface area contributed by atoms with Crippen molar-refractivity contribution in [3.63, 3.8) is 0 Å². The highest BCUT2D eigenvalue weighted by molar-refractivity contribution is 5.86. The largest absolute Gasteiger partial charge is 0.503 e. The lowest BCUT2D eigenvalue weighted by atomic mass is 9.93. The fourth-order valence-corrected chi connectivity index (χ4v) is 3.91.